The molecule has 4 heteroatoms. The third kappa shape index (κ3) is 9.13. The second kappa shape index (κ2) is 6.82. The summed E-state index contributed by atoms with van der Waals surface area (Å²) in [6.07, 6.45) is 0. The first-order valence-corrected chi connectivity index (χ1v) is 3.69. The summed E-state index contributed by atoms with van der Waals surface area (Å²) in [6.45, 7) is 6.81. The number of carbonyl (C=O) groups is 1. The number of aliphatic hydroxyl groups excluding tert-OH is 1. The molecular weight excluding hydrogens is 160 g/mol. The number of ether oxygens (including phenoxy) is 2. The minimum Gasteiger partial charge on any atom is -0.460 e. The molecule has 0 aromatic heterocycles. The number of esters is 1. The number of hydrogen-bond acceptors (Lipinski definition) is 4. The van der Waals surface area contributed by atoms with E-state index in [1.165, 1.54) is 0 Å². The van der Waals surface area contributed by atoms with Crippen molar-refractivity contribution in [3.05, 3.63) is 12.2 Å². The maximum absolute atomic E-state index is 10.5. The topological polar surface area (TPSA) is 59.1 Å². The molecule has 0 aromatic rings. The van der Waals surface area contributed by atoms with Crippen LogP contribution in [0.15, 0.2) is 12.2 Å². The molecule has 1 rings (SSSR count). The van der Waals surface area contributed by atoms with Crippen LogP contribution in [0.25, 0.3) is 0 Å². The Bertz CT molecular complexity index is 148. The van der Waals surface area contributed by atoms with Gasteiger partial charge < -0.3 is 14.6 Å². The first-order chi connectivity index (χ1) is 5.68. The Morgan fingerprint density at radius 3 is 2.42 bits per heavy atom. The molecule has 0 atom stereocenters. The van der Waals surface area contributed by atoms with E-state index in [1.807, 2.05) is 0 Å². The van der Waals surface area contributed by atoms with Crippen LogP contribution in [-0.4, -0.2) is 37.5 Å². The molecule has 1 aliphatic rings. The molecule has 0 amide bonds. The Hall–Kier alpha value is -0.870. The molecule has 1 fully saturated rings. The van der Waals surface area contributed by atoms with Crippen molar-refractivity contribution >= 4 is 5.97 Å². The van der Waals surface area contributed by atoms with E-state index in [4.69, 9.17) is 5.11 Å². The molecule has 1 aliphatic heterocycles. The fourth-order valence-corrected chi connectivity index (χ4v) is 0.262. The van der Waals surface area contributed by atoms with Gasteiger partial charge in [0, 0.05) is 5.57 Å². The third-order valence-electron chi connectivity index (χ3n) is 0.877. The molecule has 0 aliphatic carbocycles. The van der Waals surface area contributed by atoms with Gasteiger partial charge in [-0.1, -0.05) is 6.58 Å². The second-order valence-electron chi connectivity index (χ2n) is 2.25. The van der Waals surface area contributed by atoms with Crippen LogP contribution in [0.3, 0.4) is 0 Å². The summed E-state index contributed by atoms with van der Waals surface area (Å²) in [5.41, 5.74) is 0.350. The van der Waals surface area contributed by atoms with Gasteiger partial charge in [-0.2, -0.15) is 0 Å². The van der Waals surface area contributed by atoms with E-state index < -0.39 is 5.97 Å². The molecule has 1 N–H and O–H groups in total. The molecule has 0 aromatic carbocycles. The Morgan fingerprint density at radius 1 is 1.67 bits per heavy atom. The number of aliphatic hydroxyl groups is 1. The highest BCUT2D eigenvalue weighted by atomic mass is 16.6. The number of rotatable bonds is 3. The largest absolute Gasteiger partial charge is 0.460 e. The first-order valence-electron chi connectivity index (χ1n) is 3.69. The van der Waals surface area contributed by atoms with Gasteiger partial charge >= 0.3 is 5.97 Å². The van der Waals surface area contributed by atoms with Crippen LogP contribution in [0.2, 0.25) is 0 Å². The molecule has 0 saturated carbocycles. The summed E-state index contributed by atoms with van der Waals surface area (Å²) in [4.78, 5) is 10.5. The summed E-state index contributed by atoms with van der Waals surface area (Å²) in [6, 6.07) is 0. The van der Waals surface area contributed by atoms with Crippen molar-refractivity contribution in [3.63, 3.8) is 0 Å². The van der Waals surface area contributed by atoms with Crippen LogP contribution < -0.4 is 0 Å². The van der Waals surface area contributed by atoms with E-state index in [1.54, 1.807) is 6.92 Å². The zero-order valence-electron chi connectivity index (χ0n) is 7.21. The SMILES string of the molecule is C1CO1.C=C(C)C(=O)OCCO. The molecule has 0 spiro atoms. The first kappa shape index (κ1) is 11.1. The molecule has 70 valence electrons. The Kier molecular flexibility index (Phi) is 6.32. The standard InChI is InChI=1S/C6H10O3.C2H4O/c1-5(2)6(8)9-4-3-7;1-2-3-1/h7H,1,3-4H2,2H3;1-2H2. The number of epoxide rings is 1. The second-order valence-corrected chi connectivity index (χ2v) is 2.25. The van der Waals surface area contributed by atoms with E-state index >= 15 is 0 Å². The van der Waals surface area contributed by atoms with Crippen molar-refractivity contribution in [2.24, 2.45) is 0 Å². The van der Waals surface area contributed by atoms with Gasteiger partial charge in [0.25, 0.3) is 0 Å². The maximum Gasteiger partial charge on any atom is 0.333 e. The average molecular weight is 174 g/mol. The van der Waals surface area contributed by atoms with Gasteiger partial charge in [-0.25, -0.2) is 4.79 Å². The molecule has 0 radical (unpaired) electrons. The minimum absolute atomic E-state index is 0.0473. The van der Waals surface area contributed by atoms with Gasteiger partial charge in [0.1, 0.15) is 6.61 Å². The van der Waals surface area contributed by atoms with E-state index in [0.29, 0.717) is 5.57 Å². The van der Waals surface area contributed by atoms with Crippen LogP contribution in [0.4, 0.5) is 0 Å². The van der Waals surface area contributed by atoms with Crippen LogP contribution in [-0.2, 0) is 14.3 Å². The molecule has 12 heavy (non-hydrogen) atoms. The van der Waals surface area contributed by atoms with Crippen molar-refractivity contribution in [3.8, 4) is 0 Å². The zero-order valence-corrected chi connectivity index (χ0v) is 7.21. The highest BCUT2D eigenvalue weighted by Crippen LogP contribution is 1.89. The summed E-state index contributed by atoms with van der Waals surface area (Å²) in [5.74, 6) is -0.455. The quantitative estimate of drug-likeness (QED) is 0.375. The van der Waals surface area contributed by atoms with E-state index in [9.17, 15) is 4.79 Å². The van der Waals surface area contributed by atoms with Gasteiger partial charge in [-0.3, -0.25) is 0 Å². The molecular formula is C8H14O4. The lowest BCUT2D eigenvalue weighted by Gasteiger charge is -1.99. The predicted molar refractivity (Wildman–Crippen MR) is 43.7 cm³/mol. The van der Waals surface area contributed by atoms with Gasteiger partial charge in [0.05, 0.1) is 19.8 Å². The lowest BCUT2D eigenvalue weighted by Crippen LogP contribution is -2.08. The fraction of sp³-hybridized carbons (Fsp3) is 0.625. The number of carbonyl (C=O) groups excluding carboxylic acids is 1. The van der Waals surface area contributed by atoms with Gasteiger partial charge in [-0.05, 0) is 6.92 Å². The monoisotopic (exact) mass is 174 g/mol. The molecule has 1 heterocycles. The maximum atomic E-state index is 10.5. The van der Waals surface area contributed by atoms with Crippen LogP contribution in [0.5, 0.6) is 0 Å². The summed E-state index contributed by atoms with van der Waals surface area (Å²) < 4.78 is 8.96. The summed E-state index contributed by atoms with van der Waals surface area (Å²) in [5, 5.41) is 8.19. The smallest absolute Gasteiger partial charge is 0.333 e. The Morgan fingerprint density at radius 2 is 2.17 bits per heavy atom. The fourth-order valence-electron chi connectivity index (χ4n) is 0.262. The average Bonchev–Trinajstić information content (AvgIpc) is 2.85. The van der Waals surface area contributed by atoms with Crippen molar-refractivity contribution < 1.29 is 19.4 Å². The van der Waals surface area contributed by atoms with Gasteiger partial charge in [-0.15, -0.1) is 0 Å². The highest BCUT2D eigenvalue weighted by molar-refractivity contribution is 5.86. The molecule has 4 nitrogen and oxygen atoms in total. The van der Waals surface area contributed by atoms with Crippen molar-refractivity contribution in [2.45, 2.75) is 6.92 Å². The molecule has 0 unspecified atom stereocenters. The van der Waals surface area contributed by atoms with Crippen LogP contribution in [0, 0.1) is 0 Å². The van der Waals surface area contributed by atoms with Crippen LogP contribution in [0.1, 0.15) is 6.92 Å². The van der Waals surface area contributed by atoms with Crippen molar-refractivity contribution in [1.29, 1.82) is 0 Å². The lowest BCUT2D eigenvalue weighted by atomic mass is 10.4. The predicted octanol–water partition coefficient (Wildman–Crippen LogP) is 0.115. The van der Waals surface area contributed by atoms with Crippen LogP contribution >= 0.6 is 0 Å². The Labute approximate surface area is 71.8 Å². The molecule has 1 saturated heterocycles. The van der Waals surface area contributed by atoms with Crippen molar-refractivity contribution in [1.82, 2.24) is 0 Å². The van der Waals surface area contributed by atoms with Gasteiger partial charge in [0.2, 0.25) is 0 Å². The zero-order chi connectivity index (χ0) is 9.40. The normalized spacial score (nSPS) is 12.5. The summed E-state index contributed by atoms with van der Waals surface area (Å²) in [7, 11) is 0. The summed E-state index contributed by atoms with van der Waals surface area (Å²) >= 11 is 0. The minimum atomic E-state index is -0.455. The Balaban J connectivity index is 0.000000330. The van der Waals surface area contributed by atoms with E-state index in [-0.39, 0.29) is 13.2 Å². The highest BCUT2D eigenvalue weighted by Gasteiger charge is 1.99. The lowest BCUT2D eigenvalue weighted by molar-refractivity contribution is -0.139. The van der Waals surface area contributed by atoms with Gasteiger partial charge in [0.15, 0.2) is 0 Å². The van der Waals surface area contributed by atoms with Crippen molar-refractivity contribution in [2.75, 3.05) is 26.4 Å². The molecule has 0 bridgehead atoms. The van der Waals surface area contributed by atoms with E-state index in [0.717, 1.165) is 13.2 Å². The number of hydrogen-bond donors (Lipinski definition) is 1. The third-order valence-corrected chi connectivity index (χ3v) is 0.877. The van der Waals surface area contributed by atoms with E-state index in [2.05, 4.69) is 16.1 Å².